The number of unbranched alkanes of at least 4 members (excludes halogenated alkanes) is 2. The molecule has 0 aliphatic rings. The quantitative estimate of drug-likeness (QED) is 0.137. The molecule has 0 rings (SSSR count). The van der Waals surface area contributed by atoms with Crippen molar-refractivity contribution in [1.29, 1.82) is 0 Å². The number of carbonyl (C=O) groups excluding carboxylic acids is 2. The zero-order valence-electron chi connectivity index (χ0n) is 19.1. The minimum atomic E-state index is -4.76. The predicted octanol–water partition coefficient (Wildman–Crippen LogP) is 3.69. The van der Waals surface area contributed by atoms with Crippen molar-refractivity contribution in [3.8, 4) is 0 Å². The minimum absolute atomic E-state index is 0. The molecule has 0 aliphatic heterocycles. The van der Waals surface area contributed by atoms with E-state index in [1.165, 1.54) is 0 Å². The summed E-state index contributed by atoms with van der Waals surface area (Å²) in [5.74, 6) is -1.61. The number of carbonyl (C=O) groups is 2. The molecule has 3 atom stereocenters. The molecular formula is C20H40NaO9PS. The second-order valence-electron chi connectivity index (χ2n) is 7.44. The fourth-order valence-corrected chi connectivity index (χ4v) is 3.48. The van der Waals surface area contributed by atoms with E-state index in [1.807, 2.05) is 13.8 Å². The summed E-state index contributed by atoms with van der Waals surface area (Å²) >= 11 is 0. The van der Waals surface area contributed by atoms with Crippen LogP contribution in [0.2, 0.25) is 0 Å². The number of rotatable bonds is 16. The van der Waals surface area contributed by atoms with Crippen LogP contribution < -0.4 is 0 Å². The Morgan fingerprint density at radius 3 is 1.66 bits per heavy atom. The van der Waals surface area contributed by atoms with Crippen molar-refractivity contribution < 1.29 is 41.5 Å². The molecule has 0 saturated carbocycles. The number of hydrogen-bond acceptors (Lipinski definition) is 7. The van der Waals surface area contributed by atoms with E-state index in [9.17, 15) is 22.6 Å². The Hall–Kier alpha value is -0.0900. The first-order valence-corrected chi connectivity index (χ1v) is 13.1. The molecule has 0 fully saturated rings. The van der Waals surface area contributed by atoms with Gasteiger partial charge in [0.1, 0.15) is 0 Å². The van der Waals surface area contributed by atoms with Gasteiger partial charge in [-0.1, -0.05) is 66.2 Å². The Balaban J connectivity index is -0.00000198. The van der Waals surface area contributed by atoms with Crippen molar-refractivity contribution in [2.75, 3.05) is 13.2 Å². The summed E-state index contributed by atoms with van der Waals surface area (Å²) in [6, 6.07) is 0. The summed E-state index contributed by atoms with van der Waals surface area (Å²) in [6.45, 7) is 8.35. The molecule has 0 amide bonds. The summed E-state index contributed by atoms with van der Waals surface area (Å²) in [4.78, 5) is 31.2. The van der Waals surface area contributed by atoms with E-state index < -0.39 is 42.4 Å². The van der Waals surface area contributed by atoms with Gasteiger partial charge in [0, 0.05) is 0 Å². The Morgan fingerprint density at radius 2 is 1.31 bits per heavy atom. The van der Waals surface area contributed by atoms with E-state index in [2.05, 4.69) is 13.8 Å². The van der Waals surface area contributed by atoms with Crippen LogP contribution >= 0.6 is 8.69 Å². The molecule has 186 valence electrons. The van der Waals surface area contributed by atoms with E-state index in [1.54, 1.807) is 0 Å². The molecule has 2 N–H and O–H groups in total. The maximum absolute atomic E-state index is 12.2. The third kappa shape index (κ3) is 19.4. The average Bonchev–Trinajstić information content (AvgIpc) is 2.71. The van der Waals surface area contributed by atoms with Crippen LogP contribution in [0.5, 0.6) is 0 Å². The van der Waals surface area contributed by atoms with Crippen LogP contribution in [0.25, 0.3) is 0 Å². The van der Waals surface area contributed by atoms with Gasteiger partial charge in [-0.15, -0.1) is 0 Å². The van der Waals surface area contributed by atoms with Crippen molar-refractivity contribution in [3.05, 3.63) is 0 Å². The zero-order chi connectivity index (χ0) is 24.3. The van der Waals surface area contributed by atoms with Crippen LogP contribution in [0.4, 0.5) is 0 Å². The molecule has 0 saturated heterocycles. The van der Waals surface area contributed by atoms with E-state index in [0.29, 0.717) is 0 Å². The van der Waals surface area contributed by atoms with Crippen molar-refractivity contribution in [1.82, 2.24) is 0 Å². The fourth-order valence-electron chi connectivity index (χ4n) is 2.82. The van der Waals surface area contributed by atoms with Crippen LogP contribution in [-0.4, -0.2) is 77.8 Å². The Bertz CT molecular complexity index is 602. The molecular weight excluding hydrogens is 470 g/mol. The van der Waals surface area contributed by atoms with Crippen LogP contribution in [0.15, 0.2) is 0 Å². The van der Waals surface area contributed by atoms with Crippen LogP contribution in [0.1, 0.15) is 85.5 Å². The molecule has 0 aliphatic carbocycles. The molecule has 0 radical (unpaired) electrons. The van der Waals surface area contributed by atoms with Gasteiger partial charge in [0.15, 0.2) is 5.25 Å². The first-order valence-electron chi connectivity index (χ1n) is 10.9. The summed E-state index contributed by atoms with van der Waals surface area (Å²) in [6.07, 6.45) is 6.74. The fraction of sp³-hybridized carbons (Fsp3) is 0.900. The van der Waals surface area contributed by atoms with Crippen molar-refractivity contribution >= 4 is 60.3 Å². The van der Waals surface area contributed by atoms with Gasteiger partial charge < -0.3 is 14.4 Å². The Kier molecular flexibility index (Phi) is 25.9. The summed E-state index contributed by atoms with van der Waals surface area (Å²) < 4.78 is 51.2. The predicted molar refractivity (Wildman–Crippen MR) is 125 cm³/mol. The van der Waals surface area contributed by atoms with Gasteiger partial charge in [-0.25, -0.2) is 4.57 Å². The monoisotopic (exact) mass is 510 g/mol. The maximum atomic E-state index is 12.2. The topological polar surface area (TPSA) is 144 Å². The normalized spacial score (nSPS) is 13.7. The standard InChI is InChI=1S/C20H38O7S.Na.HO2P.H/c1-5-9-11-16(7-3)14-26-19(21)13-18(28(23,24)25)20(22)27-15-17(8-4)12-10-6-2;;1-3-2;/h16-18H,5-15H2,1-4H3,(H,23,24,25);;(H,1,2);. The third-order valence-electron chi connectivity index (χ3n) is 5.00. The van der Waals surface area contributed by atoms with Gasteiger partial charge in [0.25, 0.3) is 10.1 Å². The van der Waals surface area contributed by atoms with Crippen LogP contribution in [0.3, 0.4) is 0 Å². The zero-order valence-corrected chi connectivity index (χ0v) is 20.8. The molecule has 0 aromatic carbocycles. The summed E-state index contributed by atoms with van der Waals surface area (Å²) in [5, 5.41) is -1.95. The van der Waals surface area contributed by atoms with Gasteiger partial charge in [-0.05, 0) is 24.7 Å². The van der Waals surface area contributed by atoms with Gasteiger partial charge in [0.05, 0.1) is 19.6 Å². The molecule has 0 bridgehead atoms. The first kappa shape index (κ1) is 36.5. The Labute approximate surface area is 216 Å². The summed E-state index contributed by atoms with van der Waals surface area (Å²) in [7, 11) is -5.60. The molecule has 32 heavy (non-hydrogen) atoms. The number of hydrogen-bond donors (Lipinski definition) is 2. The van der Waals surface area contributed by atoms with Crippen molar-refractivity contribution in [2.24, 2.45) is 11.8 Å². The van der Waals surface area contributed by atoms with Gasteiger partial charge in [-0.2, -0.15) is 8.42 Å². The number of esters is 2. The second kappa shape index (κ2) is 22.7. The molecule has 0 heterocycles. The molecule has 12 heteroatoms. The van der Waals surface area contributed by atoms with E-state index in [-0.39, 0.29) is 54.6 Å². The van der Waals surface area contributed by atoms with E-state index in [4.69, 9.17) is 18.9 Å². The molecule has 3 unspecified atom stereocenters. The van der Waals surface area contributed by atoms with Gasteiger partial charge in [0.2, 0.25) is 0 Å². The molecule has 0 aromatic heterocycles. The van der Waals surface area contributed by atoms with Crippen LogP contribution in [0, 0.1) is 11.8 Å². The van der Waals surface area contributed by atoms with Crippen molar-refractivity contribution in [3.63, 3.8) is 0 Å². The molecule has 0 aromatic rings. The van der Waals surface area contributed by atoms with Crippen molar-refractivity contribution in [2.45, 2.75) is 90.7 Å². The second-order valence-corrected chi connectivity index (χ2v) is 9.20. The van der Waals surface area contributed by atoms with Gasteiger partial charge >= 0.3 is 50.2 Å². The average molecular weight is 511 g/mol. The van der Waals surface area contributed by atoms with Crippen LogP contribution in [-0.2, 0) is 33.7 Å². The van der Waals surface area contributed by atoms with E-state index in [0.717, 1.165) is 51.4 Å². The van der Waals surface area contributed by atoms with E-state index >= 15 is 0 Å². The molecule has 9 nitrogen and oxygen atoms in total. The first-order chi connectivity index (χ1) is 14.6. The molecule has 0 spiro atoms. The van der Waals surface area contributed by atoms with Gasteiger partial charge in [-0.3, -0.25) is 14.1 Å². The number of ether oxygens (including phenoxy) is 2. The summed E-state index contributed by atoms with van der Waals surface area (Å²) in [5.41, 5.74) is 0. The third-order valence-corrected chi connectivity index (χ3v) is 6.08. The Morgan fingerprint density at radius 1 is 0.906 bits per heavy atom. The SMILES string of the molecule is CCCCC(CC)COC(=O)CC(C(=O)OCC(CC)CCCC)S(=O)(=O)O.O=PO.[NaH].